The van der Waals surface area contributed by atoms with Crippen molar-refractivity contribution >= 4 is 17.4 Å². The lowest BCUT2D eigenvalue weighted by molar-refractivity contribution is 0.520. The highest BCUT2D eigenvalue weighted by molar-refractivity contribution is 6.32. The number of nitrogens with zero attached hydrogens (tertiary/aromatic N) is 1. The number of halogens is 1. The maximum absolute atomic E-state index is 5.96. The zero-order chi connectivity index (χ0) is 10.6. The summed E-state index contributed by atoms with van der Waals surface area (Å²) >= 11 is 5.96. The van der Waals surface area contributed by atoms with Gasteiger partial charge in [0.2, 0.25) is 0 Å². The quantitative estimate of drug-likeness (QED) is 0.806. The van der Waals surface area contributed by atoms with E-state index in [1.165, 1.54) is 0 Å². The molecular weight excluding hydrogens is 198 g/mol. The molecule has 0 saturated heterocycles. The van der Waals surface area contributed by atoms with E-state index in [0.29, 0.717) is 17.5 Å². The molecule has 4 heteroatoms. The van der Waals surface area contributed by atoms with Gasteiger partial charge in [-0.1, -0.05) is 18.5 Å². The monoisotopic (exact) mass is 213 g/mol. The Bertz CT molecular complexity index is 290. The maximum Gasteiger partial charge on any atom is 0.144 e. The molecule has 0 aliphatic rings. The van der Waals surface area contributed by atoms with Gasteiger partial charge in [0, 0.05) is 12.2 Å². The SMILES string of the molecule is CC(CN)C(C)Nc1ncccc1Cl. The van der Waals surface area contributed by atoms with Crippen LogP contribution in [0.1, 0.15) is 13.8 Å². The van der Waals surface area contributed by atoms with Crippen LogP contribution in [-0.2, 0) is 0 Å². The molecule has 2 atom stereocenters. The van der Waals surface area contributed by atoms with E-state index in [2.05, 4.69) is 24.1 Å². The van der Waals surface area contributed by atoms with E-state index in [4.69, 9.17) is 17.3 Å². The predicted octanol–water partition coefficient (Wildman–Crippen LogP) is 2.13. The lowest BCUT2D eigenvalue weighted by Gasteiger charge is -2.20. The summed E-state index contributed by atoms with van der Waals surface area (Å²) in [4.78, 5) is 4.15. The maximum atomic E-state index is 5.96. The third-order valence-corrected chi connectivity index (χ3v) is 2.65. The molecule has 1 aromatic rings. The molecule has 14 heavy (non-hydrogen) atoms. The molecule has 3 nitrogen and oxygen atoms in total. The van der Waals surface area contributed by atoms with Gasteiger partial charge in [-0.2, -0.15) is 0 Å². The van der Waals surface area contributed by atoms with Crippen molar-refractivity contribution in [3.8, 4) is 0 Å². The number of aromatic nitrogens is 1. The zero-order valence-corrected chi connectivity index (χ0v) is 9.25. The Hall–Kier alpha value is -0.800. The number of hydrogen-bond donors (Lipinski definition) is 2. The summed E-state index contributed by atoms with van der Waals surface area (Å²) in [6.07, 6.45) is 1.72. The van der Waals surface area contributed by atoms with Crippen LogP contribution in [0.3, 0.4) is 0 Å². The predicted molar refractivity (Wildman–Crippen MR) is 60.6 cm³/mol. The average Bonchev–Trinajstić information content (AvgIpc) is 2.20. The largest absolute Gasteiger partial charge is 0.366 e. The first-order chi connectivity index (χ1) is 6.65. The second-order valence-corrected chi connectivity index (χ2v) is 3.89. The highest BCUT2D eigenvalue weighted by Gasteiger charge is 2.11. The summed E-state index contributed by atoms with van der Waals surface area (Å²) in [5.41, 5.74) is 5.57. The number of anilines is 1. The molecule has 0 spiro atoms. The second kappa shape index (κ2) is 5.17. The first-order valence-electron chi connectivity index (χ1n) is 4.72. The first-order valence-corrected chi connectivity index (χ1v) is 5.10. The number of hydrogen-bond acceptors (Lipinski definition) is 3. The summed E-state index contributed by atoms with van der Waals surface area (Å²) in [6.45, 7) is 4.82. The van der Waals surface area contributed by atoms with Crippen LogP contribution in [0, 0.1) is 5.92 Å². The molecule has 3 N–H and O–H groups in total. The van der Waals surface area contributed by atoms with E-state index >= 15 is 0 Å². The normalized spacial score (nSPS) is 14.9. The van der Waals surface area contributed by atoms with Gasteiger partial charge in [-0.05, 0) is 31.5 Å². The molecule has 0 fully saturated rings. The van der Waals surface area contributed by atoms with E-state index in [0.717, 1.165) is 5.82 Å². The van der Waals surface area contributed by atoms with Crippen LogP contribution in [0.4, 0.5) is 5.82 Å². The second-order valence-electron chi connectivity index (χ2n) is 3.48. The number of nitrogens with one attached hydrogen (secondary N) is 1. The molecule has 78 valence electrons. The van der Waals surface area contributed by atoms with Crippen molar-refractivity contribution in [2.75, 3.05) is 11.9 Å². The van der Waals surface area contributed by atoms with Crippen LogP contribution < -0.4 is 11.1 Å². The lowest BCUT2D eigenvalue weighted by Crippen LogP contribution is -2.29. The topological polar surface area (TPSA) is 50.9 Å². The molecule has 0 aliphatic heterocycles. The van der Waals surface area contributed by atoms with Crippen LogP contribution in [0.25, 0.3) is 0 Å². The van der Waals surface area contributed by atoms with Gasteiger partial charge in [0.15, 0.2) is 0 Å². The van der Waals surface area contributed by atoms with Gasteiger partial charge in [-0.3, -0.25) is 0 Å². The molecule has 2 unspecified atom stereocenters. The number of nitrogens with two attached hydrogens (primary N) is 1. The molecule has 1 heterocycles. The van der Waals surface area contributed by atoms with Crippen molar-refractivity contribution in [2.45, 2.75) is 19.9 Å². The summed E-state index contributed by atoms with van der Waals surface area (Å²) in [7, 11) is 0. The summed E-state index contributed by atoms with van der Waals surface area (Å²) < 4.78 is 0. The summed E-state index contributed by atoms with van der Waals surface area (Å²) in [5.74, 6) is 1.12. The van der Waals surface area contributed by atoms with Gasteiger partial charge in [-0.25, -0.2) is 4.98 Å². The molecule has 0 bridgehead atoms. The Morgan fingerprint density at radius 3 is 2.86 bits per heavy atom. The third-order valence-electron chi connectivity index (χ3n) is 2.35. The molecule has 0 saturated carbocycles. The Balaban J connectivity index is 2.64. The smallest absolute Gasteiger partial charge is 0.144 e. The van der Waals surface area contributed by atoms with E-state index in [9.17, 15) is 0 Å². The van der Waals surface area contributed by atoms with Crippen molar-refractivity contribution in [1.82, 2.24) is 4.98 Å². The molecule has 0 aliphatic carbocycles. The minimum Gasteiger partial charge on any atom is -0.366 e. The highest BCUT2D eigenvalue weighted by atomic mass is 35.5. The highest BCUT2D eigenvalue weighted by Crippen LogP contribution is 2.19. The van der Waals surface area contributed by atoms with Crippen molar-refractivity contribution in [1.29, 1.82) is 0 Å². The fourth-order valence-corrected chi connectivity index (χ4v) is 1.23. The van der Waals surface area contributed by atoms with Gasteiger partial charge in [-0.15, -0.1) is 0 Å². The standard InChI is InChI=1S/C10H16ClN3/c1-7(6-12)8(2)14-10-9(11)4-3-5-13-10/h3-5,7-8H,6,12H2,1-2H3,(H,13,14). The fourth-order valence-electron chi connectivity index (χ4n) is 1.05. The Kier molecular flexibility index (Phi) is 4.17. The van der Waals surface area contributed by atoms with Gasteiger partial charge in [0.25, 0.3) is 0 Å². The Morgan fingerprint density at radius 2 is 2.29 bits per heavy atom. The van der Waals surface area contributed by atoms with Crippen LogP contribution in [-0.4, -0.2) is 17.6 Å². The number of pyridine rings is 1. The van der Waals surface area contributed by atoms with Crippen molar-refractivity contribution in [3.63, 3.8) is 0 Å². The summed E-state index contributed by atoms with van der Waals surface area (Å²) in [5, 5.41) is 3.88. The fraction of sp³-hybridized carbons (Fsp3) is 0.500. The van der Waals surface area contributed by atoms with Crippen molar-refractivity contribution < 1.29 is 0 Å². The van der Waals surface area contributed by atoms with Crippen molar-refractivity contribution in [3.05, 3.63) is 23.4 Å². The molecule has 0 aromatic carbocycles. The molecular formula is C10H16ClN3. The van der Waals surface area contributed by atoms with Crippen LogP contribution in [0.5, 0.6) is 0 Å². The van der Waals surface area contributed by atoms with E-state index in [1.54, 1.807) is 6.20 Å². The van der Waals surface area contributed by atoms with E-state index in [1.807, 2.05) is 12.1 Å². The minimum absolute atomic E-state index is 0.271. The lowest BCUT2D eigenvalue weighted by atomic mass is 10.0. The Labute approximate surface area is 89.7 Å². The van der Waals surface area contributed by atoms with Crippen LogP contribution in [0.15, 0.2) is 18.3 Å². The molecule has 0 radical (unpaired) electrons. The minimum atomic E-state index is 0.271. The molecule has 0 amide bonds. The van der Waals surface area contributed by atoms with Crippen LogP contribution >= 0.6 is 11.6 Å². The first kappa shape index (κ1) is 11.3. The molecule has 1 rings (SSSR count). The number of rotatable bonds is 4. The third kappa shape index (κ3) is 2.86. The Morgan fingerprint density at radius 1 is 1.57 bits per heavy atom. The van der Waals surface area contributed by atoms with Crippen LogP contribution in [0.2, 0.25) is 5.02 Å². The van der Waals surface area contributed by atoms with Gasteiger partial charge < -0.3 is 11.1 Å². The van der Waals surface area contributed by atoms with Crippen molar-refractivity contribution in [2.24, 2.45) is 11.7 Å². The molecule has 1 aromatic heterocycles. The summed E-state index contributed by atoms with van der Waals surface area (Å²) in [6, 6.07) is 3.90. The van der Waals surface area contributed by atoms with E-state index in [-0.39, 0.29) is 6.04 Å². The van der Waals surface area contributed by atoms with Gasteiger partial charge in [0.1, 0.15) is 5.82 Å². The average molecular weight is 214 g/mol. The van der Waals surface area contributed by atoms with Gasteiger partial charge >= 0.3 is 0 Å². The zero-order valence-electron chi connectivity index (χ0n) is 8.50. The van der Waals surface area contributed by atoms with Gasteiger partial charge in [0.05, 0.1) is 5.02 Å². The van der Waals surface area contributed by atoms with E-state index < -0.39 is 0 Å².